The van der Waals surface area contributed by atoms with Gasteiger partial charge in [-0.1, -0.05) is 6.92 Å². The topological polar surface area (TPSA) is 160 Å². The molecule has 10 nitrogen and oxygen atoms in total. The van der Waals surface area contributed by atoms with Gasteiger partial charge in [-0.2, -0.15) is 0 Å². The van der Waals surface area contributed by atoms with Gasteiger partial charge in [0.1, 0.15) is 12.2 Å². The smallest absolute Gasteiger partial charge is 0.341 e. The zero-order valence-electron chi connectivity index (χ0n) is 17.4. The molecule has 0 aromatic rings. The van der Waals surface area contributed by atoms with Crippen molar-refractivity contribution in [2.45, 2.75) is 56.7 Å². The number of fused-ring (bicyclic) bond motifs is 2. The number of hydrogen-bond acceptors (Lipinski definition) is 10. The van der Waals surface area contributed by atoms with Crippen LogP contribution in [0.5, 0.6) is 0 Å². The summed E-state index contributed by atoms with van der Waals surface area (Å²) in [4.78, 5) is 38.1. The molecule has 2 heterocycles. The normalized spacial score (nSPS) is 52.9. The Bertz CT molecular complexity index is 927. The molecular formula is C21H26O10. The molecule has 0 aromatic carbocycles. The van der Waals surface area contributed by atoms with E-state index in [2.05, 4.69) is 0 Å². The molecule has 3 aliphatic carbocycles. The van der Waals surface area contributed by atoms with Crippen LogP contribution < -0.4 is 0 Å². The number of hydrogen-bond donors (Lipinski definition) is 4. The summed E-state index contributed by atoms with van der Waals surface area (Å²) >= 11 is 0. The molecule has 10 atom stereocenters. The zero-order valence-corrected chi connectivity index (χ0v) is 17.4. The largest absolute Gasteiger partial charge is 0.504 e. The van der Waals surface area contributed by atoms with Crippen LogP contribution in [0.2, 0.25) is 0 Å². The van der Waals surface area contributed by atoms with Crippen molar-refractivity contribution in [2.24, 2.45) is 28.6 Å². The molecule has 10 heteroatoms. The lowest BCUT2D eigenvalue weighted by Crippen LogP contribution is -2.79. The minimum Gasteiger partial charge on any atom is -0.504 e. The predicted molar refractivity (Wildman–Crippen MR) is 99.2 cm³/mol. The van der Waals surface area contributed by atoms with Gasteiger partial charge in [-0.05, 0) is 30.3 Å². The molecule has 2 saturated carbocycles. The van der Waals surface area contributed by atoms with E-state index in [0.29, 0.717) is 5.57 Å². The summed E-state index contributed by atoms with van der Waals surface area (Å²) < 4.78 is 16.3. The number of aliphatic hydroxyl groups excluding tert-OH is 4. The van der Waals surface area contributed by atoms with Crippen molar-refractivity contribution in [3.8, 4) is 0 Å². The minimum absolute atomic E-state index is 0.105. The molecule has 2 saturated heterocycles. The van der Waals surface area contributed by atoms with E-state index in [1.807, 2.05) is 0 Å². The van der Waals surface area contributed by atoms with E-state index in [1.54, 1.807) is 13.8 Å². The summed E-state index contributed by atoms with van der Waals surface area (Å²) in [5.41, 5.74) is -3.88. The van der Waals surface area contributed by atoms with Crippen LogP contribution >= 0.6 is 0 Å². The van der Waals surface area contributed by atoms with Crippen molar-refractivity contribution in [3.05, 3.63) is 11.3 Å². The molecule has 5 rings (SSSR count). The lowest BCUT2D eigenvalue weighted by atomic mass is 9.38. The molecule has 4 N–H and O–H groups in total. The van der Waals surface area contributed by atoms with Crippen LogP contribution in [-0.4, -0.2) is 81.9 Å². The highest BCUT2D eigenvalue weighted by molar-refractivity contribution is 5.95. The third kappa shape index (κ3) is 2.05. The Morgan fingerprint density at radius 2 is 1.87 bits per heavy atom. The maximum atomic E-state index is 12.9. The average molecular weight is 438 g/mol. The second-order valence-electron chi connectivity index (χ2n) is 9.87. The van der Waals surface area contributed by atoms with Crippen LogP contribution in [0.15, 0.2) is 11.3 Å². The van der Waals surface area contributed by atoms with Gasteiger partial charge in [-0.25, -0.2) is 9.59 Å². The first kappa shape index (κ1) is 20.9. The molecule has 1 unspecified atom stereocenters. The fourth-order valence-corrected chi connectivity index (χ4v) is 7.76. The first-order valence-electron chi connectivity index (χ1n) is 10.4. The van der Waals surface area contributed by atoms with Gasteiger partial charge in [0.05, 0.1) is 25.7 Å². The molecular weight excluding hydrogens is 412 g/mol. The highest BCUT2D eigenvalue weighted by Crippen LogP contribution is 2.72. The van der Waals surface area contributed by atoms with E-state index < -0.39 is 76.3 Å². The molecule has 0 amide bonds. The quantitative estimate of drug-likeness (QED) is 0.374. The monoisotopic (exact) mass is 438 g/mol. The second-order valence-corrected chi connectivity index (χ2v) is 9.87. The molecule has 2 aliphatic heterocycles. The maximum absolute atomic E-state index is 12.9. The van der Waals surface area contributed by atoms with E-state index in [4.69, 9.17) is 14.2 Å². The summed E-state index contributed by atoms with van der Waals surface area (Å²) in [6, 6.07) is 0. The summed E-state index contributed by atoms with van der Waals surface area (Å²) in [5.74, 6) is -5.28. The van der Waals surface area contributed by atoms with Crippen LogP contribution in [0.4, 0.5) is 0 Å². The summed E-state index contributed by atoms with van der Waals surface area (Å²) in [6.07, 6.45) is -5.87. The van der Waals surface area contributed by atoms with Crippen LogP contribution in [0, 0.1) is 28.6 Å². The third-order valence-corrected chi connectivity index (χ3v) is 8.86. The average Bonchev–Trinajstić information content (AvgIpc) is 3.03. The predicted octanol–water partition coefficient (Wildman–Crippen LogP) is -1.00. The lowest BCUT2D eigenvalue weighted by Gasteiger charge is -2.67. The van der Waals surface area contributed by atoms with Crippen molar-refractivity contribution in [1.82, 2.24) is 0 Å². The first-order chi connectivity index (χ1) is 14.5. The first-order valence-corrected chi connectivity index (χ1v) is 10.4. The number of esters is 2. The molecule has 31 heavy (non-hydrogen) atoms. The Morgan fingerprint density at radius 3 is 2.52 bits per heavy atom. The van der Waals surface area contributed by atoms with E-state index in [0.717, 1.165) is 7.11 Å². The van der Waals surface area contributed by atoms with Crippen LogP contribution in [0.1, 0.15) is 26.7 Å². The lowest BCUT2D eigenvalue weighted by molar-refractivity contribution is -0.288. The summed E-state index contributed by atoms with van der Waals surface area (Å²) in [6.45, 7) is 3.24. The molecule has 5 aliphatic rings. The summed E-state index contributed by atoms with van der Waals surface area (Å²) in [7, 11) is 1.09. The molecule has 0 radical (unpaired) electrons. The van der Waals surface area contributed by atoms with Crippen LogP contribution in [0.3, 0.4) is 0 Å². The van der Waals surface area contributed by atoms with Crippen LogP contribution in [0.25, 0.3) is 0 Å². The fourth-order valence-electron chi connectivity index (χ4n) is 7.76. The molecule has 2 bridgehead atoms. The number of allylic oxidation sites excluding steroid dienone is 2. The Labute approximate surface area is 177 Å². The maximum Gasteiger partial charge on any atom is 0.341 e. The Balaban J connectivity index is 1.77. The van der Waals surface area contributed by atoms with Crippen LogP contribution in [-0.2, 0) is 28.6 Å². The van der Waals surface area contributed by atoms with Crippen molar-refractivity contribution >= 4 is 17.7 Å². The van der Waals surface area contributed by atoms with Gasteiger partial charge in [0.2, 0.25) is 0 Å². The van der Waals surface area contributed by atoms with E-state index in [-0.39, 0.29) is 25.2 Å². The van der Waals surface area contributed by atoms with Crippen molar-refractivity contribution in [1.29, 1.82) is 0 Å². The number of carbonyl (C=O) groups is 3. The van der Waals surface area contributed by atoms with Gasteiger partial charge in [-0.15, -0.1) is 0 Å². The van der Waals surface area contributed by atoms with Gasteiger partial charge in [0, 0.05) is 17.8 Å². The van der Waals surface area contributed by atoms with Crippen molar-refractivity contribution in [3.63, 3.8) is 0 Å². The van der Waals surface area contributed by atoms with E-state index >= 15 is 0 Å². The number of Topliss-reactive ketones (excluding diaryl/α,β-unsaturated/α-hetero) is 1. The molecule has 0 aromatic heterocycles. The Morgan fingerprint density at radius 1 is 1.19 bits per heavy atom. The van der Waals surface area contributed by atoms with Gasteiger partial charge >= 0.3 is 11.9 Å². The fraction of sp³-hybridized carbons (Fsp3) is 0.762. The highest BCUT2D eigenvalue weighted by atomic mass is 16.6. The number of methoxy groups -OCH3 is 1. The number of aliphatic hydroxyl groups is 4. The van der Waals surface area contributed by atoms with Crippen molar-refractivity contribution in [2.75, 3.05) is 13.7 Å². The second kappa shape index (κ2) is 6.06. The third-order valence-electron chi connectivity index (χ3n) is 8.86. The Kier molecular flexibility index (Phi) is 4.08. The number of ketones is 1. The standard InChI is InChI=1S/C21H26O10/c1-7-8-4-10-20-6-30-21(18(28)29-3,15(20)13(25)17(27)31-10)16(26)12(24)14(20)19(8,2)5-9(22)11(7)23/h8,10,12-16,23-26H,4-6H2,1-3H3/t8-,10+,12+,13+,14?,15+,16-,19+,20+,21+/m0/s1. The number of carbonyl (C=O) groups excluding carboxylic acids is 3. The molecule has 4 fully saturated rings. The summed E-state index contributed by atoms with van der Waals surface area (Å²) in [5, 5.41) is 43.7. The van der Waals surface area contributed by atoms with Crippen molar-refractivity contribution < 1.29 is 49.0 Å². The Hall–Kier alpha value is -2.01. The van der Waals surface area contributed by atoms with Gasteiger partial charge in [0.25, 0.3) is 0 Å². The van der Waals surface area contributed by atoms with E-state index in [9.17, 15) is 34.8 Å². The van der Waals surface area contributed by atoms with Gasteiger partial charge < -0.3 is 34.6 Å². The van der Waals surface area contributed by atoms with Gasteiger partial charge in [0.15, 0.2) is 23.2 Å². The van der Waals surface area contributed by atoms with E-state index in [1.165, 1.54) is 0 Å². The minimum atomic E-state index is -2.14. The zero-order chi connectivity index (χ0) is 22.7. The molecule has 170 valence electrons. The van der Waals surface area contributed by atoms with Gasteiger partial charge in [-0.3, -0.25) is 4.79 Å². The number of ether oxygens (including phenoxy) is 3. The number of rotatable bonds is 1. The SMILES string of the molecule is COC(=O)[C@]12OC[C@]34C([C@@H](O)[C@@H]1O)[C@]1(C)CC(=O)C(O)=C(C)[C@@H]1C[C@H]3OC(=O)[C@H](O)[C@@H]24. The molecule has 1 spiro atoms. The highest BCUT2D eigenvalue weighted by Gasteiger charge is 2.84.